The van der Waals surface area contributed by atoms with E-state index in [0.29, 0.717) is 28.6 Å². The molecule has 3 N–H and O–H groups in total. The molecule has 0 bridgehead atoms. The molecule has 0 aliphatic heterocycles. The molecule has 0 unspecified atom stereocenters. The summed E-state index contributed by atoms with van der Waals surface area (Å²) >= 11 is 0. The van der Waals surface area contributed by atoms with Gasteiger partial charge in [-0.2, -0.15) is 5.10 Å². The third-order valence-corrected chi connectivity index (χ3v) is 2.62. The lowest BCUT2D eigenvalue weighted by Crippen LogP contribution is -1.96. The molecule has 6 heteroatoms. The van der Waals surface area contributed by atoms with E-state index >= 15 is 0 Å². The van der Waals surface area contributed by atoms with Crippen LogP contribution < -0.4 is 19.9 Å². The van der Waals surface area contributed by atoms with Crippen LogP contribution in [0.25, 0.3) is 11.3 Å². The fourth-order valence-electron chi connectivity index (χ4n) is 1.75. The summed E-state index contributed by atoms with van der Waals surface area (Å²) in [5.41, 5.74) is 7.91. The van der Waals surface area contributed by atoms with Gasteiger partial charge >= 0.3 is 0 Å². The lowest BCUT2D eigenvalue weighted by atomic mass is 10.1. The number of aromatic amines is 1. The minimum absolute atomic E-state index is 0.543. The maximum Gasteiger partial charge on any atom is 0.203 e. The van der Waals surface area contributed by atoms with Gasteiger partial charge in [0.15, 0.2) is 11.5 Å². The van der Waals surface area contributed by atoms with Crippen molar-refractivity contribution < 1.29 is 14.2 Å². The van der Waals surface area contributed by atoms with Crippen molar-refractivity contribution in [2.75, 3.05) is 27.1 Å². The zero-order valence-corrected chi connectivity index (χ0v) is 10.5. The molecule has 0 spiro atoms. The average molecular weight is 249 g/mol. The van der Waals surface area contributed by atoms with Crippen LogP contribution in [0.4, 0.5) is 5.69 Å². The first kappa shape index (κ1) is 12.1. The Morgan fingerprint density at radius 2 is 1.67 bits per heavy atom. The average Bonchev–Trinajstić information content (AvgIpc) is 2.83. The number of anilines is 1. The Morgan fingerprint density at radius 1 is 1.06 bits per heavy atom. The van der Waals surface area contributed by atoms with Gasteiger partial charge in [-0.05, 0) is 12.1 Å². The van der Waals surface area contributed by atoms with Gasteiger partial charge in [-0.15, -0.1) is 0 Å². The molecule has 0 fully saturated rings. The predicted octanol–water partition coefficient (Wildman–Crippen LogP) is 1.68. The number of nitrogens with zero attached hydrogens (tertiary/aromatic N) is 1. The van der Waals surface area contributed by atoms with Crippen LogP contribution in [0.15, 0.2) is 18.3 Å². The Hall–Kier alpha value is -2.37. The summed E-state index contributed by atoms with van der Waals surface area (Å²) in [6, 6.07) is 3.62. The number of rotatable bonds is 4. The molecule has 0 saturated heterocycles. The number of benzene rings is 1. The highest BCUT2D eigenvalue weighted by Crippen LogP contribution is 2.41. The molecule has 0 atom stereocenters. The van der Waals surface area contributed by atoms with E-state index in [2.05, 4.69) is 10.2 Å². The maximum absolute atomic E-state index is 5.82. The second kappa shape index (κ2) is 4.87. The smallest absolute Gasteiger partial charge is 0.203 e. The summed E-state index contributed by atoms with van der Waals surface area (Å²) in [4.78, 5) is 0. The van der Waals surface area contributed by atoms with Crippen LogP contribution in [0.5, 0.6) is 17.2 Å². The van der Waals surface area contributed by atoms with E-state index in [1.165, 1.54) is 0 Å². The van der Waals surface area contributed by atoms with Crippen LogP contribution in [-0.2, 0) is 0 Å². The lowest BCUT2D eigenvalue weighted by molar-refractivity contribution is 0.324. The number of nitrogens with one attached hydrogen (secondary N) is 1. The number of methoxy groups -OCH3 is 3. The van der Waals surface area contributed by atoms with Crippen molar-refractivity contribution in [1.82, 2.24) is 10.2 Å². The Bertz CT molecular complexity index is 526. The van der Waals surface area contributed by atoms with Crippen LogP contribution in [0.2, 0.25) is 0 Å². The van der Waals surface area contributed by atoms with Crippen molar-refractivity contribution in [1.29, 1.82) is 0 Å². The van der Waals surface area contributed by atoms with Gasteiger partial charge in [0, 0.05) is 5.56 Å². The first-order valence-electron chi connectivity index (χ1n) is 5.30. The molecule has 0 amide bonds. The van der Waals surface area contributed by atoms with Crippen LogP contribution in [-0.4, -0.2) is 31.5 Å². The topological polar surface area (TPSA) is 82.4 Å². The number of ether oxygens (including phenoxy) is 3. The summed E-state index contributed by atoms with van der Waals surface area (Å²) < 4.78 is 15.8. The Labute approximate surface area is 105 Å². The summed E-state index contributed by atoms with van der Waals surface area (Å²) in [6.07, 6.45) is 1.55. The van der Waals surface area contributed by atoms with Gasteiger partial charge < -0.3 is 19.9 Å². The van der Waals surface area contributed by atoms with E-state index in [1.807, 2.05) is 12.1 Å². The van der Waals surface area contributed by atoms with Crippen molar-refractivity contribution in [3.63, 3.8) is 0 Å². The molecule has 2 aromatic rings. The highest BCUT2D eigenvalue weighted by Gasteiger charge is 2.15. The minimum Gasteiger partial charge on any atom is -0.493 e. The molecule has 1 aromatic carbocycles. The summed E-state index contributed by atoms with van der Waals surface area (Å²) in [6.45, 7) is 0. The van der Waals surface area contributed by atoms with Crippen molar-refractivity contribution in [2.24, 2.45) is 0 Å². The molecule has 0 aliphatic carbocycles. The van der Waals surface area contributed by atoms with E-state index in [1.54, 1.807) is 27.5 Å². The van der Waals surface area contributed by atoms with Gasteiger partial charge in [0.2, 0.25) is 5.75 Å². The van der Waals surface area contributed by atoms with E-state index in [0.717, 1.165) is 5.56 Å². The fraction of sp³-hybridized carbons (Fsp3) is 0.250. The number of hydrogen-bond acceptors (Lipinski definition) is 5. The largest absolute Gasteiger partial charge is 0.493 e. The van der Waals surface area contributed by atoms with Crippen LogP contribution in [0.3, 0.4) is 0 Å². The highest BCUT2D eigenvalue weighted by atomic mass is 16.5. The Balaban J connectivity index is 2.60. The van der Waals surface area contributed by atoms with E-state index in [9.17, 15) is 0 Å². The van der Waals surface area contributed by atoms with Crippen LogP contribution >= 0.6 is 0 Å². The molecule has 1 aromatic heterocycles. The van der Waals surface area contributed by atoms with Crippen LogP contribution in [0.1, 0.15) is 0 Å². The number of nitrogen functional groups attached to an aromatic ring is 1. The molecule has 2 rings (SSSR count). The number of nitrogens with two attached hydrogens (primary N) is 1. The molecule has 0 aliphatic rings. The summed E-state index contributed by atoms with van der Waals surface area (Å²) in [5, 5.41) is 6.72. The number of H-pyrrole nitrogens is 1. The fourth-order valence-corrected chi connectivity index (χ4v) is 1.75. The first-order valence-corrected chi connectivity index (χ1v) is 5.30. The molecule has 6 nitrogen and oxygen atoms in total. The maximum atomic E-state index is 5.82. The molecule has 0 saturated carbocycles. The monoisotopic (exact) mass is 249 g/mol. The van der Waals surface area contributed by atoms with E-state index in [-0.39, 0.29) is 0 Å². The van der Waals surface area contributed by atoms with Gasteiger partial charge in [-0.1, -0.05) is 0 Å². The van der Waals surface area contributed by atoms with Gasteiger partial charge in [0.1, 0.15) is 0 Å². The van der Waals surface area contributed by atoms with Gasteiger partial charge in [-0.25, -0.2) is 0 Å². The zero-order valence-electron chi connectivity index (χ0n) is 10.5. The normalized spacial score (nSPS) is 10.2. The number of aromatic nitrogens is 2. The predicted molar refractivity (Wildman–Crippen MR) is 68.1 cm³/mol. The Kier molecular flexibility index (Phi) is 3.27. The molecular formula is C12H15N3O3. The first-order chi connectivity index (χ1) is 8.71. The van der Waals surface area contributed by atoms with E-state index < -0.39 is 0 Å². The number of hydrogen-bond donors (Lipinski definition) is 2. The quantitative estimate of drug-likeness (QED) is 0.861. The van der Waals surface area contributed by atoms with Gasteiger partial charge in [0.25, 0.3) is 0 Å². The zero-order chi connectivity index (χ0) is 13.1. The molecule has 1 heterocycles. The summed E-state index contributed by atoms with van der Waals surface area (Å²) in [7, 11) is 4.69. The van der Waals surface area contributed by atoms with E-state index in [4.69, 9.17) is 19.9 Å². The molecule has 0 radical (unpaired) electrons. The molecule has 96 valence electrons. The molecular weight excluding hydrogens is 234 g/mol. The lowest BCUT2D eigenvalue weighted by Gasteiger charge is -2.13. The highest BCUT2D eigenvalue weighted by molar-refractivity contribution is 5.76. The van der Waals surface area contributed by atoms with Crippen LogP contribution in [0, 0.1) is 0 Å². The van der Waals surface area contributed by atoms with Crippen molar-refractivity contribution >= 4 is 5.69 Å². The Morgan fingerprint density at radius 3 is 2.06 bits per heavy atom. The van der Waals surface area contributed by atoms with Gasteiger partial charge in [0.05, 0.1) is 38.9 Å². The summed E-state index contributed by atoms with van der Waals surface area (Å²) in [5.74, 6) is 1.68. The third kappa shape index (κ3) is 1.92. The molecule has 18 heavy (non-hydrogen) atoms. The third-order valence-electron chi connectivity index (χ3n) is 2.62. The minimum atomic E-state index is 0.543. The van der Waals surface area contributed by atoms with Crippen molar-refractivity contribution in [2.45, 2.75) is 0 Å². The standard InChI is InChI=1S/C12H15N3O3/c1-16-9-4-7(11-8(13)6-14-15-11)5-10(17-2)12(9)18-3/h4-6H,13H2,1-3H3,(H,14,15). The van der Waals surface area contributed by atoms with Gasteiger partial charge in [-0.3, -0.25) is 5.10 Å². The van der Waals surface area contributed by atoms with Crippen molar-refractivity contribution in [3.05, 3.63) is 18.3 Å². The van der Waals surface area contributed by atoms with Crippen molar-refractivity contribution in [3.8, 4) is 28.5 Å². The second-order valence-corrected chi connectivity index (χ2v) is 3.61. The SMILES string of the molecule is COc1cc(-c2[nH]ncc2N)cc(OC)c1OC. The second-order valence-electron chi connectivity index (χ2n) is 3.61.